The predicted octanol–water partition coefficient (Wildman–Crippen LogP) is 14.4. The van der Waals surface area contributed by atoms with Crippen LogP contribution in [-0.4, -0.2) is 19.9 Å². The van der Waals surface area contributed by atoms with E-state index in [0.29, 0.717) is 5.82 Å². The summed E-state index contributed by atoms with van der Waals surface area (Å²) in [5.74, 6) is 0.704. The van der Waals surface area contributed by atoms with E-state index in [9.17, 15) is 0 Å². The van der Waals surface area contributed by atoms with Gasteiger partial charge < -0.3 is 0 Å². The molecule has 0 amide bonds. The van der Waals surface area contributed by atoms with Gasteiger partial charge in [-0.15, -0.1) is 0 Å². The Bertz CT molecular complexity index is 3330. The molecule has 0 aliphatic rings. The van der Waals surface area contributed by atoms with Gasteiger partial charge >= 0.3 is 0 Å². The van der Waals surface area contributed by atoms with Gasteiger partial charge in [0.25, 0.3) is 0 Å². The Hall–Kier alpha value is -8.08. The third-order valence-corrected chi connectivity index (χ3v) is 11.3. The van der Waals surface area contributed by atoms with Gasteiger partial charge in [-0.2, -0.15) is 0 Å². The molecule has 0 unspecified atom stereocenters. The molecule has 280 valence electrons. The van der Waals surface area contributed by atoms with Crippen LogP contribution in [0.4, 0.5) is 0 Å². The molecule has 0 aliphatic carbocycles. The van der Waals surface area contributed by atoms with Crippen molar-refractivity contribution >= 4 is 32.6 Å². The molecule has 8 aromatic carbocycles. The van der Waals surface area contributed by atoms with Gasteiger partial charge in [-0.05, 0) is 63.4 Å². The maximum atomic E-state index is 5.17. The Balaban J connectivity index is 0.894. The molecule has 11 aromatic rings. The maximum Gasteiger partial charge on any atom is 0.160 e. The lowest BCUT2D eigenvalue weighted by molar-refractivity contribution is 1.18. The Morgan fingerprint density at radius 3 is 1.12 bits per heavy atom. The molecule has 0 saturated carbocycles. The third-order valence-electron chi connectivity index (χ3n) is 11.3. The van der Waals surface area contributed by atoms with E-state index in [1.165, 1.54) is 16.5 Å². The Labute approximate surface area is 348 Å². The first-order chi connectivity index (χ1) is 29.7. The van der Waals surface area contributed by atoms with Crippen molar-refractivity contribution in [1.29, 1.82) is 0 Å². The highest BCUT2D eigenvalue weighted by atomic mass is 14.9. The Kier molecular flexibility index (Phi) is 8.79. The first kappa shape index (κ1) is 35.1. The second-order valence-corrected chi connectivity index (χ2v) is 15.1. The minimum absolute atomic E-state index is 0.704. The number of aromatic nitrogens is 4. The summed E-state index contributed by atoms with van der Waals surface area (Å²) in [7, 11) is 0. The molecule has 0 atom stereocenters. The van der Waals surface area contributed by atoms with Crippen LogP contribution >= 0.6 is 0 Å². The molecule has 4 nitrogen and oxygen atoms in total. The third kappa shape index (κ3) is 6.76. The standard InChI is InChI=1S/C56H36N4/c1-4-10-37(11-5-1)38-16-22-42(23-17-38)52-36-53(60-56(59-52)45-14-8-3-9-15-45)49-29-28-47-34-46(26-27-48(47)35-49)39-18-20-41(21-19-39)51-33-31-44-25-24-43-30-32-50(40-12-6-2-7-13-40)57-54(43)55(44)58-51/h1-36H. The lowest BCUT2D eigenvalue weighted by Gasteiger charge is -2.11. The van der Waals surface area contributed by atoms with Crippen LogP contribution in [0.15, 0.2) is 218 Å². The van der Waals surface area contributed by atoms with E-state index in [0.717, 1.165) is 88.9 Å². The van der Waals surface area contributed by atoms with E-state index in [1.807, 2.05) is 42.5 Å². The van der Waals surface area contributed by atoms with Crippen LogP contribution in [0.5, 0.6) is 0 Å². The minimum Gasteiger partial charge on any atom is -0.245 e. The molecule has 0 fully saturated rings. The molecule has 0 saturated heterocycles. The zero-order valence-electron chi connectivity index (χ0n) is 32.6. The van der Waals surface area contributed by atoms with Gasteiger partial charge in [0.2, 0.25) is 0 Å². The average molecular weight is 765 g/mol. The van der Waals surface area contributed by atoms with Crippen LogP contribution in [0.1, 0.15) is 0 Å². The molecule has 0 bridgehead atoms. The van der Waals surface area contributed by atoms with Crippen molar-refractivity contribution in [2.24, 2.45) is 0 Å². The predicted molar refractivity (Wildman–Crippen MR) is 248 cm³/mol. The summed E-state index contributed by atoms with van der Waals surface area (Å²) in [5, 5.41) is 4.47. The molecule has 11 rings (SSSR count). The van der Waals surface area contributed by atoms with Gasteiger partial charge in [0, 0.05) is 38.6 Å². The van der Waals surface area contributed by atoms with Crippen molar-refractivity contribution in [3.63, 3.8) is 0 Å². The van der Waals surface area contributed by atoms with Crippen molar-refractivity contribution < 1.29 is 0 Å². The summed E-state index contributed by atoms with van der Waals surface area (Å²) in [6.45, 7) is 0. The number of hydrogen-bond donors (Lipinski definition) is 0. The summed E-state index contributed by atoms with van der Waals surface area (Å²) in [5.41, 5.74) is 15.4. The normalized spacial score (nSPS) is 11.3. The average Bonchev–Trinajstić information content (AvgIpc) is 3.34. The fourth-order valence-electron chi connectivity index (χ4n) is 8.04. The smallest absolute Gasteiger partial charge is 0.160 e. The largest absolute Gasteiger partial charge is 0.245 e. The van der Waals surface area contributed by atoms with E-state index in [-0.39, 0.29) is 0 Å². The summed E-state index contributed by atoms with van der Waals surface area (Å²) in [4.78, 5) is 20.4. The molecule has 0 radical (unpaired) electrons. The lowest BCUT2D eigenvalue weighted by atomic mass is 9.97. The zero-order chi connectivity index (χ0) is 39.8. The van der Waals surface area contributed by atoms with Gasteiger partial charge in [0.05, 0.1) is 33.8 Å². The van der Waals surface area contributed by atoms with Crippen molar-refractivity contribution in [3.8, 4) is 78.7 Å². The number of hydrogen-bond acceptors (Lipinski definition) is 4. The van der Waals surface area contributed by atoms with E-state index < -0.39 is 0 Å². The molecular formula is C56H36N4. The van der Waals surface area contributed by atoms with Crippen molar-refractivity contribution in [2.75, 3.05) is 0 Å². The van der Waals surface area contributed by atoms with E-state index in [2.05, 4.69) is 176 Å². The van der Waals surface area contributed by atoms with Crippen molar-refractivity contribution in [3.05, 3.63) is 218 Å². The highest BCUT2D eigenvalue weighted by Gasteiger charge is 2.13. The van der Waals surface area contributed by atoms with Gasteiger partial charge in [0.1, 0.15) is 0 Å². The van der Waals surface area contributed by atoms with Crippen molar-refractivity contribution in [2.45, 2.75) is 0 Å². The molecule has 3 aromatic heterocycles. The Morgan fingerprint density at radius 1 is 0.200 bits per heavy atom. The molecule has 0 spiro atoms. The van der Waals surface area contributed by atoms with E-state index in [1.54, 1.807) is 0 Å². The van der Waals surface area contributed by atoms with Crippen LogP contribution in [0.2, 0.25) is 0 Å². The van der Waals surface area contributed by atoms with Crippen LogP contribution in [0.25, 0.3) is 111 Å². The number of benzene rings is 8. The fourth-order valence-corrected chi connectivity index (χ4v) is 8.04. The minimum atomic E-state index is 0.704. The SMILES string of the molecule is c1ccc(-c2ccc(-c3cc(-c4ccc5cc(-c6ccc(-c7ccc8ccc9ccc(-c%10ccccc%10)nc9c8n7)cc6)ccc5c4)nc(-c4ccccc4)n3)cc2)cc1. The zero-order valence-corrected chi connectivity index (χ0v) is 32.6. The molecule has 0 aliphatic heterocycles. The highest BCUT2D eigenvalue weighted by molar-refractivity contribution is 6.04. The molecule has 3 heterocycles. The van der Waals surface area contributed by atoms with Crippen LogP contribution in [-0.2, 0) is 0 Å². The van der Waals surface area contributed by atoms with Gasteiger partial charge in [-0.1, -0.05) is 188 Å². The quantitative estimate of drug-likeness (QED) is 0.152. The molecule has 4 heteroatoms. The highest BCUT2D eigenvalue weighted by Crippen LogP contribution is 2.34. The second-order valence-electron chi connectivity index (χ2n) is 15.1. The van der Waals surface area contributed by atoms with E-state index >= 15 is 0 Å². The van der Waals surface area contributed by atoms with Gasteiger partial charge in [-0.3, -0.25) is 0 Å². The van der Waals surface area contributed by atoms with Crippen molar-refractivity contribution in [1.82, 2.24) is 19.9 Å². The molecule has 60 heavy (non-hydrogen) atoms. The first-order valence-electron chi connectivity index (χ1n) is 20.2. The summed E-state index contributed by atoms with van der Waals surface area (Å²) < 4.78 is 0. The summed E-state index contributed by atoms with van der Waals surface area (Å²) in [6, 6.07) is 76.4. The number of fused-ring (bicyclic) bond motifs is 4. The van der Waals surface area contributed by atoms with Crippen LogP contribution in [0, 0.1) is 0 Å². The van der Waals surface area contributed by atoms with E-state index in [4.69, 9.17) is 19.9 Å². The first-order valence-corrected chi connectivity index (χ1v) is 20.2. The van der Waals surface area contributed by atoms with Crippen LogP contribution < -0.4 is 0 Å². The van der Waals surface area contributed by atoms with Gasteiger partial charge in [0.15, 0.2) is 5.82 Å². The topological polar surface area (TPSA) is 51.6 Å². The second kappa shape index (κ2) is 15.0. The molecular weight excluding hydrogens is 729 g/mol. The monoisotopic (exact) mass is 764 g/mol. The number of nitrogens with zero attached hydrogens (tertiary/aromatic N) is 4. The van der Waals surface area contributed by atoms with Crippen LogP contribution in [0.3, 0.4) is 0 Å². The Morgan fingerprint density at radius 2 is 0.550 bits per heavy atom. The summed E-state index contributed by atoms with van der Waals surface area (Å²) in [6.07, 6.45) is 0. The van der Waals surface area contributed by atoms with Gasteiger partial charge in [-0.25, -0.2) is 19.9 Å². The fraction of sp³-hybridized carbons (Fsp3) is 0. The lowest BCUT2D eigenvalue weighted by Crippen LogP contribution is -1.96. The maximum absolute atomic E-state index is 5.17. The number of pyridine rings is 2. The summed E-state index contributed by atoms with van der Waals surface area (Å²) >= 11 is 0. The molecule has 0 N–H and O–H groups in total. The number of rotatable bonds is 7.